The molecule has 0 aliphatic carbocycles. The quantitative estimate of drug-likeness (QED) is 0.226. The van der Waals surface area contributed by atoms with Gasteiger partial charge < -0.3 is 4.74 Å². The Kier molecular flexibility index (Phi) is 6.07. The van der Waals surface area contributed by atoms with Crippen LogP contribution in [0, 0.1) is 0 Å². The number of ketones is 1. The van der Waals surface area contributed by atoms with Crippen LogP contribution in [0.1, 0.15) is 26.3 Å². The van der Waals surface area contributed by atoms with E-state index in [-0.39, 0.29) is 11.3 Å². The van der Waals surface area contributed by atoms with Crippen LogP contribution in [0.4, 0.5) is 0 Å². The molecule has 0 saturated heterocycles. The van der Waals surface area contributed by atoms with Gasteiger partial charge in [0.1, 0.15) is 5.75 Å². The lowest BCUT2D eigenvalue weighted by Crippen LogP contribution is -2.09. The summed E-state index contributed by atoms with van der Waals surface area (Å²) >= 11 is 12.1. The Morgan fingerprint density at radius 2 is 1.41 bits per heavy atom. The highest BCUT2D eigenvalue weighted by molar-refractivity contribution is 6.33. The molecule has 0 fully saturated rings. The van der Waals surface area contributed by atoms with Gasteiger partial charge in [-0.25, -0.2) is 4.79 Å². The molecule has 0 radical (unpaired) electrons. The second kappa shape index (κ2) is 8.67. The first-order valence-electron chi connectivity index (χ1n) is 8.08. The van der Waals surface area contributed by atoms with E-state index in [1.165, 1.54) is 6.08 Å². The number of ether oxygens (including phenoxy) is 1. The number of benzene rings is 3. The third-order valence-corrected chi connectivity index (χ3v) is 4.44. The zero-order valence-electron chi connectivity index (χ0n) is 14.1. The van der Waals surface area contributed by atoms with Crippen LogP contribution in [0.5, 0.6) is 5.75 Å². The van der Waals surface area contributed by atoms with Crippen molar-refractivity contribution in [2.45, 2.75) is 0 Å². The summed E-state index contributed by atoms with van der Waals surface area (Å²) in [6.45, 7) is 0. The van der Waals surface area contributed by atoms with Gasteiger partial charge in [-0.1, -0.05) is 53.5 Å². The van der Waals surface area contributed by atoms with Crippen LogP contribution in [0.15, 0.2) is 78.9 Å². The number of rotatable bonds is 5. The highest BCUT2D eigenvalue weighted by Crippen LogP contribution is 2.20. The van der Waals surface area contributed by atoms with Crippen molar-refractivity contribution in [1.29, 1.82) is 0 Å². The fourth-order valence-corrected chi connectivity index (χ4v) is 2.76. The average Bonchev–Trinajstić information content (AvgIpc) is 2.68. The topological polar surface area (TPSA) is 43.4 Å². The van der Waals surface area contributed by atoms with Gasteiger partial charge in [-0.3, -0.25) is 4.79 Å². The summed E-state index contributed by atoms with van der Waals surface area (Å²) < 4.78 is 5.29. The predicted octanol–water partition coefficient (Wildman–Crippen LogP) is 6.11. The van der Waals surface area contributed by atoms with Gasteiger partial charge in [0.15, 0.2) is 5.78 Å². The van der Waals surface area contributed by atoms with Crippen molar-refractivity contribution in [1.82, 2.24) is 0 Å². The van der Waals surface area contributed by atoms with Gasteiger partial charge in [0.25, 0.3) is 0 Å². The molecule has 0 saturated carbocycles. The Balaban J connectivity index is 1.68. The molecule has 134 valence electrons. The first-order chi connectivity index (χ1) is 13.0. The average molecular weight is 397 g/mol. The molecule has 0 N–H and O–H groups in total. The molecule has 3 nitrogen and oxygen atoms in total. The first-order valence-corrected chi connectivity index (χ1v) is 8.84. The minimum absolute atomic E-state index is 0.182. The summed E-state index contributed by atoms with van der Waals surface area (Å²) in [5.74, 6) is -0.413. The maximum atomic E-state index is 12.3. The third-order valence-electron chi connectivity index (χ3n) is 3.76. The fraction of sp³-hybridized carbons (Fsp3) is 0. The summed E-state index contributed by atoms with van der Waals surface area (Å²) in [4.78, 5) is 24.4. The van der Waals surface area contributed by atoms with Crippen molar-refractivity contribution in [3.8, 4) is 5.75 Å². The van der Waals surface area contributed by atoms with E-state index in [4.69, 9.17) is 27.9 Å². The summed E-state index contributed by atoms with van der Waals surface area (Å²) in [6.07, 6.45) is 3.11. The smallest absolute Gasteiger partial charge is 0.345 e. The lowest BCUT2D eigenvalue weighted by molar-refractivity contribution is 0.0735. The maximum Gasteiger partial charge on any atom is 0.345 e. The molecule has 0 heterocycles. The molecule has 0 spiro atoms. The number of carbonyl (C=O) groups excluding carboxylic acids is 2. The molecule has 0 aromatic heterocycles. The van der Waals surface area contributed by atoms with E-state index < -0.39 is 5.97 Å². The number of hydrogen-bond acceptors (Lipinski definition) is 3. The van der Waals surface area contributed by atoms with E-state index in [1.807, 2.05) is 18.2 Å². The van der Waals surface area contributed by atoms with Crippen molar-refractivity contribution in [2.24, 2.45) is 0 Å². The molecule has 3 rings (SSSR count). The Bertz CT molecular complexity index is 1010. The van der Waals surface area contributed by atoms with Crippen LogP contribution >= 0.6 is 23.2 Å². The van der Waals surface area contributed by atoms with Crippen LogP contribution in [0.2, 0.25) is 10.0 Å². The summed E-state index contributed by atoms with van der Waals surface area (Å²) in [6, 6.07) is 20.2. The number of esters is 1. The minimum atomic E-state index is -0.557. The molecule has 3 aromatic carbocycles. The predicted molar refractivity (Wildman–Crippen MR) is 108 cm³/mol. The van der Waals surface area contributed by atoms with E-state index in [0.29, 0.717) is 21.4 Å². The molecule has 27 heavy (non-hydrogen) atoms. The molecule has 0 aliphatic heterocycles. The Morgan fingerprint density at radius 1 is 0.778 bits per heavy atom. The molecular formula is C22H14Cl2O3. The van der Waals surface area contributed by atoms with E-state index in [9.17, 15) is 9.59 Å². The minimum Gasteiger partial charge on any atom is -0.423 e. The van der Waals surface area contributed by atoms with E-state index in [0.717, 1.165) is 5.56 Å². The van der Waals surface area contributed by atoms with Crippen molar-refractivity contribution >= 4 is 41.0 Å². The van der Waals surface area contributed by atoms with Gasteiger partial charge in [-0.05, 0) is 60.2 Å². The number of carbonyl (C=O) groups is 2. The third kappa shape index (κ3) is 4.85. The lowest BCUT2D eigenvalue weighted by atomic mass is 10.1. The van der Waals surface area contributed by atoms with E-state index in [1.54, 1.807) is 60.7 Å². The largest absolute Gasteiger partial charge is 0.423 e. The van der Waals surface area contributed by atoms with Crippen LogP contribution in [0.25, 0.3) is 6.08 Å². The number of halogens is 2. The lowest BCUT2D eigenvalue weighted by Gasteiger charge is -2.06. The molecule has 0 unspecified atom stereocenters. The van der Waals surface area contributed by atoms with Crippen LogP contribution in [-0.4, -0.2) is 11.8 Å². The molecule has 0 aliphatic rings. The number of allylic oxidation sites excluding steroid dienone is 1. The van der Waals surface area contributed by atoms with Gasteiger partial charge in [-0.15, -0.1) is 0 Å². The Labute approximate surface area is 166 Å². The van der Waals surface area contributed by atoms with Crippen LogP contribution in [0.3, 0.4) is 0 Å². The highest BCUT2D eigenvalue weighted by atomic mass is 35.5. The molecule has 5 heteroatoms. The molecule has 0 bridgehead atoms. The zero-order valence-corrected chi connectivity index (χ0v) is 15.6. The summed E-state index contributed by atoms with van der Waals surface area (Å²) in [5.41, 5.74) is 1.51. The van der Waals surface area contributed by atoms with Crippen molar-refractivity contribution in [2.75, 3.05) is 0 Å². The number of hydrogen-bond donors (Lipinski definition) is 0. The molecular weight excluding hydrogens is 383 g/mol. The zero-order chi connectivity index (χ0) is 19.2. The molecule has 0 amide bonds. The highest BCUT2D eigenvalue weighted by Gasteiger charge is 2.12. The van der Waals surface area contributed by atoms with Crippen LogP contribution < -0.4 is 4.74 Å². The van der Waals surface area contributed by atoms with Crippen LogP contribution in [-0.2, 0) is 0 Å². The molecule has 0 atom stereocenters. The van der Waals surface area contributed by atoms with Gasteiger partial charge in [0, 0.05) is 10.6 Å². The SMILES string of the molecule is O=C(/C=C/c1ccccc1Cl)c1ccc(OC(=O)c2ccccc2Cl)cc1. The summed E-state index contributed by atoms with van der Waals surface area (Å²) in [5, 5.41) is 0.891. The maximum absolute atomic E-state index is 12.3. The van der Waals surface area contributed by atoms with E-state index in [2.05, 4.69) is 0 Å². The monoisotopic (exact) mass is 396 g/mol. The Morgan fingerprint density at radius 3 is 2.07 bits per heavy atom. The normalized spacial score (nSPS) is 10.7. The van der Waals surface area contributed by atoms with E-state index >= 15 is 0 Å². The van der Waals surface area contributed by atoms with Crippen molar-refractivity contribution in [3.63, 3.8) is 0 Å². The van der Waals surface area contributed by atoms with Crippen molar-refractivity contribution in [3.05, 3.63) is 106 Å². The van der Waals surface area contributed by atoms with Gasteiger partial charge in [0.2, 0.25) is 0 Å². The second-order valence-electron chi connectivity index (χ2n) is 5.61. The standard InChI is InChI=1S/C22H14Cl2O3/c23-19-7-3-1-5-15(19)11-14-21(25)16-9-12-17(13-10-16)27-22(26)18-6-2-4-8-20(18)24/h1-14H/b14-11+. The van der Waals surface area contributed by atoms with Gasteiger partial charge in [0.05, 0.1) is 10.6 Å². The van der Waals surface area contributed by atoms with Gasteiger partial charge >= 0.3 is 5.97 Å². The van der Waals surface area contributed by atoms with Gasteiger partial charge in [-0.2, -0.15) is 0 Å². The van der Waals surface area contributed by atoms with Crippen molar-refractivity contribution < 1.29 is 14.3 Å². The second-order valence-corrected chi connectivity index (χ2v) is 6.43. The summed E-state index contributed by atoms with van der Waals surface area (Å²) in [7, 11) is 0. The fourth-order valence-electron chi connectivity index (χ4n) is 2.35. The Hall–Kier alpha value is -2.88. The molecule has 3 aromatic rings. The first kappa shape index (κ1) is 18.9.